The van der Waals surface area contributed by atoms with Crippen LogP contribution in [0.4, 0.5) is 0 Å². The van der Waals surface area contributed by atoms with Crippen molar-refractivity contribution in [2.24, 2.45) is 0 Å². The second-order valence-electron chi connectivity index (χ2n) is 12.5. The molecule has 0 fully saturated rings. The SMILES string of the molecule is COc1cc2c(cc1OC)C(Cc1ccc(O)c(Oc3cc4c(cc3OC)CCN(C)[C@@H]4Cc3ccc(O)cc3)c1)N(C)CC2.[O-][Cl+3]([O-])([O-])O. The van der Waals surface area contributed by atoms with E-state index in [1.54, 1.807) is 39.5 Å². The highest BCUT2D eigenvalue weighted by atomic mass is 35.7. The normalized spacial score (nSPS) is 17.5. The molecule has 2 aliphatic heterocycles. The molecule has 268 valence electrons. The van der Waals surface area contributed by atoms with Gasteiger partial charge in [0, 0.05) is 25.2 Å². The largest absolute Gasteiger partial charge is 0.508 e. The lowest BCUT2D eigenvalue weighted by molar-refractivity contribution is -1.92. The van der Waals surface area contributed by atoms with Crippen molar-refractivity contribution < 1.29 is 58.0 Å². The summed E-state index contributed by atoms with van der Waals surface area (Å²) in [5, 5.41) is 20.7. The Kier molecular flexibility index (Phi) is 11.6. The van der Waals surface area contributed by atoms with E-state index in [9.17, 15) is 10.2 Å². The van der Waals surface area contributed by atoms with Gasteiger partial charge >= 0.3 is 0 Å². The van der Waals surface area contributed by atoms with Crippen molar-refractivity contribution in [3.63, 3.8) is 0 Å². The van der Waals surface area contributed by atoms with E-state index in [4.69, 9.17) is 37.6 Å². The first-order chi connectivity index (χ1) is 23.8. The molecule has 0 bridgehead atoms. The van der Waals surface area contributed by atoms with E-state index in [0.717, 1.165) is 61.4 Å². The molecule has 50 heavy (non-hydrogen) atoms. The number of aromatic hydroxyl groups is 2. The Morgan fingerprint density at radius 1 is 0.640 bits per heavy atom. The molecule has 1 unspecified atom stereocenters. The quantitative estimate of drug-likeness (QED) is 0.232. The second kappa shape index (κ2) is 15.7. The lowest BCUT2D eigenvalue weighted by Crippen LogP contribution is -2.58. The lowest BCUT2D eigenvalue weighted by atomic mass is 9.88. The number of nitrogens with zero attached hydrogens (tertiary/aromatic N) is 2. The van der Waals surface area contributed by atoms with E-state index < -0.39 is 10.2 Å². The number of hydrogen-bond donors (Lipinski definition) is 3. The Labute approximate surface area is 294 Å². The third-order valence-corrected chi connectivity index (χ3v) is 9.36. The van der Waals surface area contributed by atoms with Gasteiger partial charge in [-0.3, -0.25) is 9.80 Å². The third kappa shape index (κ3) is 8.90. The van der Waals surface area contributed by atoms with Crippen LogP contribution >= 0.6 is 0 Å². The third-order valence-electron chi connectivity index (χ3n) is 9.36. The average Bonchev–Trinajstić information content (AvgIpc) is 3.08. The maximum absolute atomic E-state index is 10.9. The first kappa shape index (κ1) is 37.0. The Hall–Kier alpha value is -4.27. The van der Waals surface area contributed by atoms with Gasteiger partial charge in [0.2, 0.25) is 0 Å². The van der Waals surface area contributed by atoms with E-state index in [2.05, 4.69) is 48.2 Å². The molecule has 6 rings (SSSR count). The highest BCUT2D eigenvalue weighted by Crippen LogP contribution is 2.44. The number of halogens is 1. The van der Waals surface area contributed by atoms with Crippen LogP contribution in [0.5, 0.6) is 40.2 Å². The van der Waals surface area contributed by atoms with Crippen LogP contribution in [0.3, 0.4) is 0 Å². The summed E-state index contributed by atoms with van der Waals surface area (Å²) in [5.74, 6) is 3.38. The predicted octanol–water partition coefficient (Wildman–Crippen LogP) is 2.34. The van der Waals surface area contributed by atoms with Crippen molar-refractivity contribution in [2.45, 2.75) is 37.8 Å². The molecule has 2 atom stereocenters. The minimum atomic E-state index is -4.69. The van der Waals surface area contributed by atoms with Gasteiger partial charge in [-0.05, 0) is 122 Å². The number of benzene rings is 4. The van der Waals surface area contributed by atoms with Gasteiger partial charge in [-0.15, -0.1) is 0 Å². The van der Waals surface area contributed by atoms with Crippen LogP contribution in [0.25, 0.3) is 0 Å². The molecule has 2 heterocycles. The van der Waals surface area contributed by atoms with E-state index in [-0.39, 0.29) is 23.6 Å². The van der Waals surface area contributed by atoms with E-state index in [1.165, 1.54) is 22.3 Å². The molecule has 0 saturated heterocycles. The van der Waals surface area contributed by atoms with Crippen molar-refractivity contribution >= 4 is 0 Å². The summed E-state index contributed by atoms with van der Waals surface area (Å²) in [7, 11) is 4.57. The van der Waals surface area contributed by atoms with Gasteiger partial charge in [0.25, 0.3) is 0 Å². The van der Waals surface area contributed by atoms with Gasteiger partial charge in [-0.25, -0.2) is 0 Å². The summed E-state index contributed by atoms with van der Waals surface area (Å²) in [5.41, 5.74) is 7.07. The van der Waals surface area contributed by atoms with Gasteiger partial charge in [-0.2, -0.15) is 14.0 Å². The Bertz CT molecular complexity index is 1770. The van der Waals surface area contributed by atoms with Crippen molar-refractivity contribution in [1.82, 2.24) is 9.80 Å². The molecule has 2 aliphatic rings. The van der Waals surface area contributed by atoms with Crippen LogP contribution in [0.2, 0.25) is 0 Å². The fourth-order valence-corrected chi connectivity index (χ4v) is 6.72. The maximum Gasteiger partial charge on any atom is 0.169 e. The summed E-state index contributed by atoms with van der Waals surface area (Å²) in [6, 6.07) is 21.6. The molecule has 0 spiro atoms. The Balaban J connectivity index is 0.000000908. The van der Waals surface area contributed by atoms with Gasteiger partial charge in [0.15, 0.2) is 34.5 Å². The summed E-state index contributed by atoms with van der Waals surface area (Å²) in [4.78, 5) is 4.71. The monoisotopic (exact) mass is 710 g/mol. The van der Waals surface area contributed by atoms with Crippen molar-refractivity contribution in [1.29, 1.82) is 0 Å². The molecule has 13 heteroatoms. The van der Waals surface area contributed by atoms with Crippen LogP contribution in [-0.4, -0.2) is 73.2 Å². The van der Waals surface area contributed by atoms with Crippen LogP contribution in [0, 0.1) is 10.2 Å². The highest BCUT2D eigenvalue weighted by Gasteiger charge is 2.29. The molecule has 4 aromatic carbocycles. The molecule has 3 N–H and O–H groups in total. The number of methoxy groups -OCH3 is 3. The minimum Gasteiger partial charge on any atom is -0.508 e. The average molecular weight is 711 g/mol. The molecular formula is C37H43ClN2O10. The van der Waals surface area contributed by atoms with E-state index >= 15 is 0 Å². The summed E-state index contributed by atoms with van der Waals surface area (Å²) >= 11 is 0. The van der Waals surface area contributed by atoms with E-state index in [1.807, 2.05) is 24.3 Å². The first-order valence-corrected chi connectivity index (χ1v) is 17.3. The van der Waals surface area contributed by atoms with E-state index in [0.29, 0.717) is 17.2 Å². The Morgan fingerprint density at radius 2 is 1.08 bits per heavy atom. The van der Waals surface area contributed by atoms with Crippen molar-refractivity contribution in [2.75, 3.05) is 48.5 Å². The standard InChI is InChI=1S/C37H42N2O6.ClHO4/c1-38-14-13-26-20-35(43-4)37(22-29(26)30(38)16-23-6-9-27(40)10-7-23)45-33-18-24(8-11-32(33)41)17-31-28-21-36(44-5)34(42-3)19-25(28)12-15-39(31)2;2-1(3,4)5/h6-11,18-22,30-31,40-41H,12-17H2,1-5H3;(H,2,3,4,5)/t30-,31?;/m1./s1. The predicted molar refractivity (Wildman–Crippen MR) is 177 cm³/mol. The van der Waals surface area contributed by atoms with Crippen LogP contribution in [0.15, 0.2) is 66.7 Å². The van der Waals surface area contributed by atoms with Crippen LogP contribution in [-0.2, 0) is 25.7 Å². The van der Waals surface area contributed by atoms with Crippen molar-refractivity contribution in [3.8, 4) is 40.2 Å². The minimum absolute atomic E-state index is 0.0695. The van der Waals surface area contributed by atoms with Crippen LogP contribution < -0.4 is 32.9 Å². The molecule has 0 aliphatic carbocycles. The zero-order chi connectivity index (χ0) is 36.2. The maximum atomic E-state index is 10.9. The number of rotatable bonds is 9. The molecule has 0 radical (unpaired) electrons. The Morgan fingerprint density at radius 3 is 1.60 bits per heavy atom. The number of likely N-dealkylation sites (N-methyl/N-ethyl adjacent to an activating group) is 2. The lowest BCUT2D eigenvalue weighted by Gasteiger charge is -2.35. The molecule has 0 amide bonds. The molecule has 4 aromatic rings. The van der Waals surface area contributed by atoms with Crippen molar-refractivity contribution in [3.05, 3.63) is 100 Å². The highest BCUT2D eigenvalue weighted by molar-refractivity contribution is 5.54. The fraction of sp³-hybridized carbons (Fsp3) is 0.351. The zero-order valence-electron chi connectivity index (χ0n) is 28.7. The molecule has 0 aromatic heterocycles. The number of fused-ring (bicyclic) bond motifs is 2. The van der Waals surface area contributed by atoms with Gasteiger partial charge in [0.1, 0.15) is 5.75 Å². The van der Waals surface area contributed by atoms with Gasteiger partial charge in [0.05, 0.1) is 36.2 Å². The smallest absolute Gasteiger partial charge is 0.169 e. The molecular weight excluding hydrogens is 668 g/mol. The first-order valence-electron chi connectivity index (χ1n) is 16.0. The number of phenols is 2. The number of ether oxygens (including phenoxy) is 4. The summed E-state index contributed by atoms with van der Waals surface area (Å²) < 4.78 is 56.2. The van der Waals surface area contributed by atoms with Gasteiger partial charge in [-0.1, -0.05) is 18.2 Å². The zero-order valence-corrected chi connectivity index (χ0v) is 29.5. The fourth-order valence-electron chi connectivity index (χ4n) is 6.72. The second-order valence-corrected chi connectivity index (χ2v) is 13.3. The number of hydrogen-bond acceptors (Lipinski definition) is 12. The molecule has 12 nitrogen and oxygen atoms in total. The topological polar surface area (TPSA) is 173 Å². The van der Waals surface area contributed by atoms with Gasteiger partial charge < -0.3 is 29.2 Å². The molecule has 0 saturated carbocycles. The number of phenolic OH excluding ortho intramolecular Hbond substituents is 2. The summed E-state index contributed by atoms with van der Waals surface area (Å²) in [6.07, 6.45) is 3.37. The van der Waals surface area contributed by atoms with Crippen LogP contribution in [0.1, 0.15) is 45.5 Å². The summed E-state index contributed by atoms with van der Waals surface area (Å²) in [6.45, 7) is 1.86.